The van der Waals surface area contributed by atoms with E-state index in [0.29, 0.717) is 5.75 Å². The van der Waals surface area contributed by atoms with Gasteiger partial charge in [0.05, 0.1) is 4.90 Å². The Balaban J connectivity index is 2.76. The molecule has 2 N–H and O–H groups in total. The van der Waals surface area contributed by atoms with Gasteiger partial charge in [0.15, 0.2) is 9.84 Å². The quantitative estimate of drug-likeness (QED) is 0.601. The monoisotopic (exact) mass is 255 g/mol. The molecular formula is C11H13NO4S. The Labute approximate surface area is 100 Å². The Hall–Kier alpha value is -1.55. The summed E-state index contributed by atoms with van der Waals surface area (Å²) < 4.78 is 28.3. The van der Waals surface area contributed by atoms with Gasteiger partial charge in [0.2, 0.25) is 0 Å². The standard InChI is InChI=1S/C11H13NO4S/c1-2-3-8-16-10-4-6-11(7-5-10)17(14,15)9-12-13/h4-7,12-13H,8-9H2,1H3. The highest BCUT2D eigenvalue weighted by Crippen LogP contribution is 2.16. The van der Waals surface area contributed by atoms with Crippen LogP contribution in [0.15, 0.2) is 29.2 Å². The predicted molar refractivity (Wildman–Crippen MR) is 62.4 cm³/mol. The lowest BCUT2D eigenvalue weighted by atomic mass is 10.3. The van der Waals surface area contributed by atoms with Gasteiger partial charge in [-0.05, 0) is 31.2 Å². The largest absolute Gasteiger partial charge is 0.481 e. The zero-order valence-electron chi connectivity index (χ0n) is 9.30. The SMILES string of the molecule is CC#CCOc1ccc(S(=O)(=O)CNO)cc1. The van der Waals surface area contributed by atoms with Crippen LogP contribution in [-0.2, 0) is 9.84 Å². The summed E-state index contributed by atoms with van der Waals surface area (Å²) in [5, 5.41) is 8.39. The molecule has 0 aliphatic carbocycles. The Morgan fingerprint density at radius 3 is 2.53 bits per heavy atom. The van der Waals surface area contributed by atoms with E-state index in [4.69, 9.17) is 9.94 Å². The van der Waals surface area contributed by atoms with Gasteiger partial charge in [0, 0.05) is 0 Å². The van der Waals surface area contributed by atoms with E-state index in [1.54, 1.807) is 24.5 Å². The first-order chi connectivity index (χ1) is 8.10. The number of hydrogen-bond donors (Lipinski definition) is 2. The summed E-state index contributed by atoms with van der Waals surface area (Å²) in [6.45, 7) is 1.97. The second-order valence-corrected chi connectivity index (χ2v) is 5.09. The van der Waals surface area contributed by atoms with Crippen molar-refractivity contribution in [3.05, 3.63) is 24.3 Å². The molecule has 5 nitrogen and oxygen atoms in total. The number of rotatable bonds is 5. The molecule has 0 aliphatic rings. The van der Waals surface area contributed by atoms with Crippen molar-refractivity contribution in [2.75, 3.05) is 12.5 Å². The number of nitrogens with one attached hydrogen (secondary N) is 1. The highest BCUT2D eigenvalue weighted by Gasteiger charge is 2.13. The van der Waals surface area contributed by atoms with E-state index in [1.165, 1.54) is 12.1 Å². The van der Waals surface area contributed by atoms with Crippen molar-refractivity contribution in [3.8, 4) is 17.6 Å². The topological polar surface area (TPSA) is 75.6 Å². The first-order valence-corrected chi connectivity index (χ1v) is 6.47. The van der Waals surface area contributed by atoms with E-state index in [1.807, 2.05) is 0 Å². The van der Waals surface area contributed by atoms with Gasteiger partial charge in [0.1, 0.15) is 18.2 Å². The fraction of sp³-hybridized carbons (Fsp3) is 0.273. The third-order valence-corrected chi connectivity index (χ3v) is 3.42. The lowest BCUT2D eigenvalue weighted by Crippen LogP contribution is -2.19. The van der Waals surface area contributed by atoms with Gasteiger partial charge in [-0.1, -0.05) is 5.92 Å². The molecule has 1 aromatic rings. The van der Waals surface area contributed by atoms with Crippen LogP contribution in [0.4, 0.5) is 0 Å². The average Bonchev–Trinajstić information content (AvgIpc) is 2.30. The van der Waals surface area contributed by atoms with E-state index in [2.05, 4.69) is 11.8 Å². The maximum absolute atomic E-state index is 11.5. The van der Waals surface area contributed by atoms with Gasteiger partial charge >= 0.3 is 0 Å². The smallest absolute Gasteiger partial charge is 0.193 e. The summed E-state index contributed by atoms with van der Waals surface area (Å²) in [7, 11) is -3.50. The summed E-state index contributed by atoms with van der Waals surface area (Å²) in [6, 6.07) is 5.92. The average molecular weight is 255 g/mol. The second-order valence-electron chi connectivity index (χ2n) is 3.10. The van der Waals surface area contributed by atoms with Crippen molar-refractivity contribution >= 4 is 9.84 Å². The molecule has 6 heteroatoms. The van der Waals surface area contributed by atoms with Crippen LogP contribution < -0.4 is 10.2 Å². The molecule has 0 unspecified atom stereocenters. The number of hydrogen-bond acceptors (Lipinski definition) is 5. The molecule has 0 heterocycles. The minimum Gasteiger partial charge on any atom is -0.481 e. The number of hydroxylamine groups is 1. The number of sulfone groups is 1. The third kappa shape index (κ3) is 4.07. The minimum absolute atomic E-state index is 0.118. The Morgan fingerprint density at radius 1 is 1.35 bits per heavy atom. The minimum atomic E-state index is -3.50. The first-order valence-electron chi connectivity index (χ1n) is 4.82. The Bertz CT molecular complexity index is 511. The van der Waals surface area contributed by atoms with Crippen LogP contribution in [0.5, 0.6) is 5.75 Å². The van der Waals surface area contributed by atoms with Crippen molar-refractivity contribution in [1.29, 1.82) is 0 Å². The van der Waals surface area contributed by atoms with Crippen LogP contribution in [0.2, 0.25) is 0 Å². The molecule has 1 aromatic carbocycles. The summed E-state index contributed by atoms with van der Waals surface area (Å²) in [6.07, 6.45) is 0. The third-order valence-electron chi connectivity index (χ3n) is 1.93. The van der Waals surface area contributed by atoms with Crippen molar-refractivity contribution in [2.45, 2.75) is 11.8 Å². The number of benzene rings is 1. The maximum atomic E-state index is 11.5. The van der Waals surface area contributed by atoms with Crippen molar-refractivity contribution in [2.24, 2.45) is 0 Å². The molecule has 0 aliphatic heterocycles. The van der Waals surface area contributed by atoms with Gasteiger partial charge in [-0.3, -0.25) is 0 Å². The van der Waals surface area contributed by atoms with Crippen LogP contribution in [0.25, 0.3) is 0 Å². The van der Waals surface area contributed by atoms with E-state index in [-0.39, 0.29) is 11.5 Å². The first kappa shape index (κ1) is 13.5. The maximum Gasteiger partial charge on any atom is 0.193 e. The van der Waals surface area contributed by atoms with Crippen molar-refractivity contribution in [1.82, 2.24) is 5.48 Å². The van der Waals surface area contributed by atoms with Gasteiger partial charge in [-0.2, -0.15) is 5.48 Å². The molecule has 0 amide bonds. The number of ether oxygens (including phenoxy) is 1. The molecule has 17 heavy (non-hydrogen) atoms. The van der Waals surface area contributed by atoms with Gasteiger partial charge in [-0.25, -0.2) is 8.42 Å². The normalized spacial score (nSPS) is 10.5. The van der Waals surface area contributed by atoms with Crippen LogP contribution in [-0.4, -0.2) is 26.1 Å². The fourth-order valence-corrected chi connectivity index (χ4v) is 1.99. The molecule has 92 valence electrons. The van der Waals surface area contributed by atoms with Gasteiger partial charge in [0.25, 0.3) is 0 Å². The Morgan fingerprint density at radius 2 is 2.00 bits per heavy atom. The molecule has 0 saturated heterocycles. The molecule has 0 bridgehead atoms. The summed E-state index contributed by atoms with van der Waals surface area (Å²) in [5.74, 6) is 5.44. The van der Waals surface area contributed by atoms with Gasteiger partial charge in [-0.15, -0.1) is 5.92 Å². The fourth-order valence-electron chi connectivity index (χ4n) is 1.10. The van der Waals surface area contributed by atoms with Crippen LogP contribution in [0, 0.1) is 11.8 Å². The Kier molecular flexibility index (Phi) is 4.97. The summed E-state index contributed by atoms with van der Waals surface area (Å²) >= 11 is 0. The van der Waals surface area contributed by atoms with Crippen molar-refractivity contribution < 1.29 is 18.4 Å². The van der Waals surface area contributed by atoms with E-state index >= 15 is 0 Å². The lowest BCUT2D eigenvalue weighted by Gasteiger charge is -2.05. The van der Waals surface area contributed by atoms with Crippen LogP contribution in [0.1, 0.15) is 6.92 Å². The highest BCUT2D eigenvalue weighted by molar-refractivity contribution is 7.91. The predicted octanol–water partition coefficient (Wildman–Crippen LogP) is 0.799. The van der Waals surface area contributed by atoms with Gasteiger partial charge < -0.3 is 9.94 Å². The molecule has 0 atom stereocenters. The highest BCUT2D eigenvalue weighted by atomic mass is 32.2. The van der Waals surface area contributed by atoms with E-state index in [9.17, 15) is 8.42 Å². The zero-order valence-corrected chi connectivity index (χ0v) is 10.1. The van der Waals surface area contributed by atoms with Crippen LogP contribution in [0.3, 0.4) is 0 Å². The summed E-state index contributed by atoms with van der Waals surface area (Å²) in [4.78, 5) is 0.118. The molecule has 0 saturated carbocycles. The van der Waals surface area contributed by atoms with Crippen molar-refractivity contribution in [3.63, 3.8) is 0 Å². The molecule has 1 rings (SSSR count). The molecule has 0 spiro atoms. The zero-order chi connectivity index (χ0) is 12.7. The van der Waals surface area contributed by atoms with Crippen LogP contribution >= 0.6 is 0 Å². The molecular weight excluding hydrogens is 242 g/mol. The molecule has 0 radical (unpaired) electrons. The summed E-state index contributed by atoms with van der Waals surface area (Å²) in [5.41, 5.74) is 1.63. The molecule has 0 fully saturated rings. The lowest BCUT2D eigenvalue weighted by molar-refractivity contribution is 0.186. The van der Waals surface area contributed by atoms with E-state index in [0.717, 1.165) is 0 Å². The van der Waals surface area contributed by atoms with E-state index < -0.39 is 15.7 Å². The second kappa shape index (κ2) is 6.25. The molecule has 0 aromatic heterocycles.